The van der Waals surface area contributed by atoms with Crippen molar-refractivity contribution in [2.75, 3.05) is 32.8 Å². The zero-order chi connectivity index (χ0) is 11.9. The average Bonchev–Trinajstić information content (AvgIpc) is 2.40. The molecule has 1 aliphatic heterocycles. The van der Waals surface area contributed by atoms with Gasteiger partial charge in [-0.15, -0.1) is 0 Å². The van der Waals surface area contributed by atoms with Crippen molar-refractivity contribution in [1.82, 2.24) is 4.90 Å². The summed E-state index contributed by atoms with van der Waals surface area (Å²) in [6, 6.07) is 8.44. The van der Waals surface area contributed by atoms with Gasteiger partial charge in [0, 0.05) is 19.6 Å². The molecular weight excluding hydrogens is 216 g/mol. The molecule has 0 amide bonds. The number of morpholine rings is 1. The maximum Gasteiger partial charge on any atom is 0.0930 e. The maximum absolute atomic E-state index is 5.33. The molecule has 0 radical (unpaired) electrons. The van der Waals surface area contributed by atoms with E-state index >= 15 is 0 Å². The minimum absolute atomic E-state index is 0.476. The highest BCUT2D eigenvalue weighted by atomic mass is 16.6. The molecule has 4 nitrogen and oxygen atoms in total. The Morgan fingerprint density at radius 1 is 1.12 bits per heavy atom. The molecule has 0 bridgehead atoms. The van der Waals surface area contributed by atoms with Crippen LogP contribution in [0, 0.1) is 0 Å². The van der Waals surface area contributed by atoms with Gasteiger partial charge in [-0.1, -0.05) is 24.3 Å². The van der Waals surface area contributed by atoms with Gasteiger partial charge in [-0.25, -0.2) is 5.90 Å². The SMILES string of the molecule is NOCc1ccc(CCN2CCOCC2)cc1. The minimum Gasteiger partial charge on any atom is -0.379 e. The standard InChI is InChI=1S/C13H20N2O2/c14-17-11-13-3-1-12(2-4-13)5-6-15-7-9-16-10-8-15/h1-4H,5-11,14H2. The number of rotatable bonds is 5. The molecule has 1 heterocycles. The molecule has 4 heteroatoms. The van der Waals surface area contributed by atoms with Crippen LogP contribution in [-0.4, -0.2) is 37.7 Å². The van der Waals surface area contributed by atoms with E-state index in [-0.39, 0.29) is 0 Å². The molecule has 2 N–H and O–H groups in total. The van der Waals surface area contributed by atoms with Crippen LogP contribution in [0.15, 0.2) is 24.3 Å². The number of hydrogen-bond donors (Lipinski definition) is 1. The summed E-state index contributed by atoms with van der Waals surface area (Å²) in [6.45, 7) is 5.43. The van der Waals surface area contributed by atoms with E-state index in [2.05, 4.69) is 34.0 Å². The molecule has 0 saturated carbocycles. The molecule has 1 aromatic rings. The molecule has 94 valence electrons. The topological polar surface area (TPSA) is 47.7 Å². The smallest absolute Gasteiger partial charge is 0.0930 e. The second kappa shape index (κ2) is 6.71. The van der Waals surface area contributed by atoms with Crippen molar-refractivity contribution in [1.29, 1.82) is 0 Å². The van der Waals surface area contributed by atoms with Gasteiger partial charge in [0.25, 0.3) is 0 Å². The Bertz CT molecular complexity index is 321. The summed E-state index contributed by atoms with van der Waals surface area (Å²) < 4.78 is 5.33. The van der Waals surface area contributed by atoms with Crippen LogP contribution < -0.4 is 5.90 Å². The lowest BCUT2D eigenvalue weighted by Crippen LogP contribution is -2.37. The van der Waals surface area contributed by atoms with E-state index in [0.29, 0.717) is 6.61 Å². The lowest BCUT2D eigenvalue weighted by atomic mass is 10.1. The van der Waals surface area contributed by atoms with Crippen molar-refractivity contribution in [2.24, 2.45) is 5.90 Å². The van der Waals surface area contributed by atoms with Crippen LogP contribution in [0.2, 0.25) is 0 Å². The fourth-order valence-corrected chi connectivity index (χ4v) is 2.01. The molecule has 0 aliphatic carbocycles. The summed E-state index contributed by atoms with van der Waals surface area (Å²) in [6.07, 6.45) is 1.09. The summed E-state index contributed by atoms with van der Waals surface area (Å²) in [5.74, 6) is 5.04. The Balaban J connectivity index is 1.77. The van der Waals surface area contributed by atoms with E-state index in [1.54, 1.807) is 0 Å². The first-order chi connectivity index (χ1) is 8.38. The van der Waals surface area contributed by atoms with Gasteiger partial charge in [0.1, 0.15) is 0 Å². The van der Waals surface area contributed by atoms with Crippen molar-refractivity contribution in [3.8, 4) is 0 Å². The third-order valence-corrected chi connectivity index (χ3v) is 3.09. The monoisotopic (exact) mass is 236 g/mol. The van der Waals surface area contributed by atoms with Crippen molar-refractivity contribution in [2.45, 2.75) is 13.0 Å². The Labute approximate surface area is 102 Å². The number of ether oxygens (including phenoxy) is 1. The van der Waals surface area contributed by atoms with Crippen molar-refractivity contribution in [3.63, 3.8) is 0 Å². The van der Waals surface area contributed by atoms with Crippen molar-refractivity contribution in [3.05, 3.63) is 35.4 Å². The van der Waals surface area contributed by atoms with Crippen LogP contribution in [-0.2, 0) is 22.6 Å². The lowest BCUT2D eigenvalue weighted by Gasteiger charge is -2.26. The third kappa shape index (κ3) is 4.09. The largest absolute Gasteiger partial charge is 0.379 e. The van der Waals surface area contributed by atoms with Gasteiger partial charge < -0.3 is 4.74 Å². The van der Waals surface area contributed by atoms with Crippen LogP contribution in [0.3, 0.4) is 0 Å². The zero-order valence-corrected chi connectivity index (χ0v) is 10.1. The Morgan fingerprint density at radius 3 is 2.41 bits per heavy atom. The van der Waals surface area contributed by atoms with E-state index in [1.165, 1.54) is 5.56 Å². The molecule has 1 aliphatic rings. The maximum atomic E-state index is 5.33. The van der Waals surface area contributed by atoms with Crippen molar-refractivity contribution >= 4 is 0 Å². The van der Waals surface area contributed by atoms with Gasteiger partial charge in [-0.2, -0.15) is 0 Å². The average molecular weight is 236 g/mol. The van der Waals surface area contributed by atoms with Gasteiger partial charge in [0.2, 0.25) is 0 Å². The predicted molar refractivity (Wildman–Crippen MR) is 66.4 cm³/mol. The summed E-state index contributed by atoms with van der Waals surface area (Å²) >= 11 is 0. The van der Waals surface area contributed by atoms with Crippen LogP contribution >= 0.6 is 0 Å². The molecule has 1 saturated heterocycles. The van der Waals surface area contributed by atoms with Crippen LogP contribution in [0.25, 0.3) is 0 Å². The van der Waals surface area contributed by atoms with Gasteiger partial charge >= 0.3 is 0 Å². The van der Waals surface area contributed by atoms with E-state index in [1.807, 2.05) is 0 Å². The molecule has 17 heavy (non-hydrogen) atoms. The van der Waals surface area contributed by atoms with Gasteiger partial charge in [0.15, 0.2) is 0 Å². The van der Waals surface area contributed by atoms with Crippen molar-refractivity contribution < 1.29 is 9.57 Å². The first kappa shape index (κ1) is 12.5. The summed E-state index contributed by atoms with van der Waals surface area (Å²) in [5.41, 5.74) is 2.47. The molecule has 0 atom stereocenters. The summed E-state index contributed by atoms with van der Waals surface area (Å²) in [7, 11) is 0. The summed E-state index contributed by atoms with van der Waals surface area (Å²) in [4.78, 5) is 7.05. The van der Waals surface area contributed by atoms with Gasteiger partial charge in [0.05, 0.1) is 19.8 Å². The Hall–Kier alpha value is -0.940. The molecule has 0 spiro atoms. The zero-order valence-electron chi connectivity index (χ0n) is 10.1. The van der Waals surface area contributed by atoms with Gasteiger partial charge in [-0.05, 0) is 17.5 Å². The first-order valence-electron chi connectivity index (χ1n) is 6.08. The fraction of sp³-hybridized carbons (Fsp3) is 0.538. The van der Waals surface area contributed by atoms with Crippen LogP contribution in [0.5, 0.6) is 0 Å². The van der Waals surface area contributed by atoms with E-state index in [4.69, 9.17) is 10.6 Å². The third-order valence-electron chi connectivity index (χ3n) is 3.09. The highest BCUT2D eigenvalue weighted by molar-refractivity contribution is 5.22. The lowest BCUT2D eigenvalue weighted by molar-refractivity contribution is 0.0384. The van der Waals surface area contributed by atoms with Crippen LogP contribution in [0.4, 0.5) is 0 Å². The second-order valence-corrected chi connectivity index (χ2v) is 4.33. The molecule has 1 aromatic carbocycles. The number of hydrogen-bond acceptors (Lipinski definition) is 4. The Kier molecular flexibility index (Phi) is 4.94. The van der Waals surface area contributed by atoms with Crippen LogP contribution in [0.1, 0.15) is 11.1 Å². The molecule has 0 unspecified atom stereocenters. The normalized spacial score (nSPS) is 17.2. The highest BCUT2D eigenvalue weighted by Crippen LogP contribution is 2.07. The molecular formula is C13H20N2O2. The molecule has 1 fully saturated rings. The molecule has 0 aromatic heterocycles. The van der Waals surface area contributed by atoms with Gasteiger partial charge in [-0.3, -0.25) is 9.74 Å². The highest BCUT2D eigenvalue weighted by Gasteiger charge is 2.09. The Morgan fingerprint density at radius 2 is 1.76 bits per heavy atom. The predicted octanol–water partition coefficient (Wildman–Crippen LogP) is 0.952. The second-order valence-electron chi connectivity index (χ2n) is 4.33. The van der Waals surface area contributed by atoms with E-state index < -0.39 is 0 Å². The number of benzene rings is 1. The molecule has 2 rings (SSSR count). The fourth-order valence-electron chi connectivity index (χ4n) is 2.01. The summed E-state index contributed by atoms with van der Waals surface area (Å²) in [5, 5.41) is 0. The minimum atomic E-state index is 0.476. The number of nitrogens with zero attached hydrogens (tertiary/aromatic N) is 1. The number of nitrogens with two attached hydrogens (primary N) is 1. The quantitative estimate of drug-likeness (QED) is 0.773. The van der Waals surface area contributed by atoms with E-state index in [9.17, 15) is 0 Å². The van der Waals surface area contributed by atoms with E-state index in [0.717, 1.165) is 44.8 Å². The first-order valence-corrected chi connectivity index (χ1v) is 6.08.